The average Bonchev–Trinajstić information content (AvgIpc) is 2.65. The number of ether oxygens (including phenoxy) is 1. The van der Waals surface area contributed by atoms with Crippen LogP contribution in [0.3, 0.4) is 0 Å². The van der Waals surface area contributed by atoms with Gasteiger partial charge in [0.2, 0.25) is 0 Å². The van der Waals surface area contributed by atoms with Crippen molar-refractivity contribution in [1.29, 1.82) is 0 Å². The zero-order chi connectivity index (χ0) is 20.9. The van der Waals surface area contributed by atoms with E-state index in [9.17, 15) is 19.2 Å². The Balaban J connectivity index is 2.93. The highest BCUT2D eigenvalue weighted by molar-refractivity contribution is 5.94. The Morgan fingerprint density at radius 3 is 2.14 bits per heavy atom. The number of amides is 1. The highest BCUT2D eigenvalue weighted by atomic mass is 16.5. The summed E-state index contributed by atoms with van der Waals surface area (Å²) >= 11 is 0. The largest absolute Gasteiger partial charge is 0.466 e. The summed E-state index contributed by atoms with van der Waals surface area (Å²) in [6, 6.07) is 8.25. The molecule has 6 heteroatoms. The van der Waals surface area contributed by atoms with Crippen molar-refractivity contribution in [3.05, 3.63) is 35.9 Å². The molecule has 1 aromatic carbocycles. The molecule has 0 aliphatic rings. The number of unbranched alkanes of at least 4 members (excludes halogenated alkanes) is 1. The SMILES string of the molecule is CCOC(=O)[C@@H](CCCCC(C)=O)[C@@H](CCC(C)=O)NC(=O)c1ccccc1. The summed E-state index contributed by atoms with van der Waals surface area (Å²) < 4.78 is 5.22. The van der Waals surface area contributed by atoms with E-state index < -0.39 is 12.0 Å². The fourth-order valence-electron chi connectivity index (χ4n) is 3.04. The molecule has 0 unspecified atom stereocenters. The summed E-state index contributed by atoms with van der Waals surface area (Å²) in [6.45, 7) is 5.01. The maximum Gasteiger partial charge on any atom is 0.311 e. The fourth-order valence-corrected chi connectivity index (χ4v) is 3.04. The van der Waals surface area contributed by atoms with Crippen LogP contribution in [-0.2, 0) is 19.1 Å². The molecule has 0 aliphatic carbocycles. The normalized spacial score (nSPS) is 12.7. The molecule has 0 radical (unpaired) electrons. The second-order valence-electron chi connectivity index (χ2n) is 6.99. The summed E-state index contributed by atoms with van der Waals surface area (Å²) in [6.07, 6.45) is 2.93. The molecule has 0 aromatic heterocycles. The summed E-state index contributed by atoms with van der Waals surface area (Å²) in [5, 5.41) is 2.92. The highest BCUT2D eigenvalue weighted by Crippen LogP contribution is 2.21. The van der Waals surface area contributed by atoms with Gasteiger partial charge in [-0.1, -0.05) is 24.6 Å². The minimum Gasteiger partial charge on any atom is -0.466 e. The lowest BCUT2D eigenvalue weighted by Gasteiger charge is -2.26. The number of carbonyl (C=O) groups is 4. The van der Waals surface area contributed by atoms with Gasteiger partial charge in [-0.25, -0.2) is 0 Å². The molecule has 1 aromatic rings. The molecule has 6 nitrogen and oxygen atoms in total. The number of ketones is 2. The van der Waals surface area contributed by atoms with E-state index >= 15 is 0 Å². The summed E-state index contributed by atoms with van der Waals surface area (Å²) in [5.74, 6) is -1.12. The molecule has 1 N–H and O–H groups in total. The number of Topliss-reactive ketones (excluding diaryl/α,β-unsaturated/α-hetero) is 2. The summed E-state index contributed by atoms with van der Waals surface area (Å²) in [4.78, 5) is 47.8. The van der Waals surface area contributed by atoms with E-state index in [1.165, 1.54) is 6.92 Å². The van der Waals surface area contributed by atoms with Gasteiger partial charge in [0.1, 0.15) is 11.6 Å². The Hall–Kier alpha value is -2.50. The summed E-state index contributed by atoms with van der Waals surface area (Å²) in [5.41, 5.74) is 0.495. The second kappa shape index (κ2) is 12.8. The first-order valence-corrected chi connectivity index (χ1v) is 9.86. The monoisotopic (exact) mass is 389 g/mol. The zero-order valence-corrected chi connectivity index (χ0v) is 17.0. The van der Waals surface area contributed by atoms with Crippen LogP contribution in [0.5, 0.6) is 0 Å². The van der Waals surface area contributed by atoms with Crippen LogP contribution in [-0.4, -0.2) is 36.1 Å². The summed E-state index contributed by atoms with van der Waals surface area (Å²) in [7, 11) is 0. The Labute approximate surface area is 167 Å². The lowest BCUT2D eigenvalue weighted by atomic mass is 9.89. The lowest BCUT2D eigenvalue weighted by molar-refractivity contribution is -0.149. The van der Waals surface area contributed by atoms with Crippen LogP contribution in [0.15, 0.2) is 30.3 Å². The van der Waals surface area contributed by atoms with E-state index in [4.69, 9.17) is 4.74 Å². The van der Waals surface area contributed by atoms with Gasteiger partial charge < -0.3 is 19.6 Å². The molecule has 0 saturated carbocycles. The van der Waals surface area contributed by atoms with E-state index in [0.717, 1.165) is 0 Å². The van der Waals surface area contributed by atoms with Gasteiger partial charge in [0.05, 0.1) is 12.5 Å². The third-order valence-electron chi connectivity index (χ3n) is 4.53. The van der Waals surface area contributed by atoms with Crippen LogP contribution in [0.4, 0.5) is 0 Å². The van der Waals surface area contributed by atoms with Gasteiger partial charge in [-0.3, -0.25) is 9.59 Å². The number of hydrogen-bond donors (Lipinski definition) is 1. The molecule has 0 spiro atoms. The highest BCUT2D eigenvalue weighted by Gasteiger charge is 2.30. The van der Waals surface area contributed by atoms with Crippen LogP contribution in [0.1, 0.15) is 69.7 Å². The van der Waals surface area contributed by atoms with Gasteiger partial charge in [-0.2, -0.15) is 0 Å². The number of carbonyl (C=O) groups excluding carboxylic acids is 4. The quantitative estimate of drug-likeness (QED) is 0.412. The molecule has 0 bridgehead atoms. The maximum atomic E-state index is 12.6. The van der Waals surface area contributed by atoms with Crippen molar-refractivity contribution in [2.75, 3.05) is 6.61 Å². The van der Waals surface area contributed by atoms with Crippen molar-refractivity contribution in [2.45, 2.75) is 65.3 Å². The predicted octanol–water partition coefficient (Wildman–Crippen LogP) is 3.48. The first-order valence-electron chi connectivity index (χ1n) is 9.86. The van der Waals surface area contributed by atoms with Gasteiger partial charge in [-0.05, 0) is 52.2 Å². The van der Waals surface area contributed by atoms with Crippen molar-refractivity contribution >= 4 is 23.4 Å². The van der Waals surface area contributed by atoms with Crippen molar-refractivity contribution in [1.82, 2.24) is 5.32 Å². The minimum absolute atomic E-state index is 0.00171. The molecular formula is C22H31NO5. The number of esters is 1. The van der Waals surface area contributed by atoms with Crippen LogP contribution in [0, 0.1) is 5.92 Å². The van der Waals surface area contributed by atoms with Crippen LogP contribution < -0.4 is 5.32 Å². The Morgan fingerprint density at radius 2 is 1.57 bits per heavy atom. The standard InChI is InChI=1S/C22H31NO5/c1-4-28-22(27)19(13-9-8-10-16(2)24)20(15-14-17(3)25)23-21(26)18-11-6-5-7-12-18/h5-7,11-12,19-20H,4,8-10,13-15H2,1-3H3,(H,23,26)/t19-,20+/m0/s1. The Morgan fingerprint density at radius 1 is 0.929 bits per heavy atom. The van der Waals surface area contributed by atoms with Gasteiger partial charge in [0, 0.05) is 24.4 Å². The van der Waals surface area contributed by atoms with Crippen molar-refractivity contribution in [2.24, 2.45) is 5.92 Å². The van der Waals surface area contributed by atoms with Gasteiger partial charge >= 0.3 is 5.97 Å². The van der Waals surface area contributed by atoms with Crippen LogP contribution in [0.2, 0.25) is 0 Å². The van der Waals surface area contributed by atoms with Crippen LogP contribution >= 0.6 is 0 Å². The van der Waals surface area contributed by atoms with E-state index in [0.29, 0.717) is 37.7 Å². The fraction of sp³-hybridized carbons (Fsp3) is 0.545. The topological polar surface area (TPSA) is 89.5 Å². The molecular weight excluding hydrogens is 358 g/mol. The van der Waals surface area contributed by atoms with E-state index in [2.05, 4.69) is 5.32 Å². The van der Waals surface area contributed by atoms with E-state index in [-0.39, 0.29) is 36.5 Å². The number of hydrogen-bond acceptors (Lipinski definition) is 5. The zero-order valence-electron chi connectivity index (χ0n) is 17.0. The van der Waals surface area contributed by atoms with Gasteiger partial charge in [0.15, 0.2) is 0 Å². The minimum atomic E-state index is -0.557. The first-order chi connectivity index (χ1) is 13.3. The molecule has 1 amide bonds. The molecule has 1 rings (SSSR count). The third kappa shape index (κ3) is 8.93. The first kappa shape index (κ1) is 23.5. The van der Waals surface area contributed by atoms with Crippen molar-refractivity contribution in [3.8, 4) is 0 Å². The molecule has 2 atom stereocenters. The number of benzene rings is 1. The van der Waals surface area contributed by atoms with Crippen molar-refractivity contribution in [3.63, 3.8) is 0 Å². The average molecular weight is 389 g/mol. The molecule has 0 saturated heterocycles. The number of rotatable bonds is 13. The van der Waals surface area contributed by atoms with E-state index in [1.54, 1.807) is 38.1 Å². The molecule has 28 heavy (non-hydrogen) atoms. The third-order valence-corrected chi connectivity index (χ3v) is 4.53. The lowest BCUT2D eigenvalue weighted by Crippen LogP contribution is -2.44. The molecule has 154 valence electrons. The smallest absolute Gasteiger partial charge is 0.311 e. The van der Waals surface area contributed by atoms with Crippen molar-refractivity contribution < 1.29 is 23.9 Å². The van der Waals surface area contributed by atoms with Gasteiger partial charge in [-0.15, -0.1) is 0 Å². The number of nitrogens with one attached hydrogen (secondary N) is 1. The second-order valence-corrected chi connectivity index (χ2v) is 6.99. The molecule has 0 fully saturated rings. The predicted molar refractivity (Wildman–Crippen MR) is 107 cm³/mol. The van der Waals surface area contributed by atoms with Crippen LogP contribution in [0.25, 0.3) is 0 Å². The molecule has 0 aliphatic heterocycles. The van der Waals surface area contributed by atoms with Gasteiger partial charge in [0.25, 0.3) is 5.91 Å². The Kier molecular flexibility index (Phi) is 10.8. The van der Waals surface area contributed by atoms with E-state index in [1.807, 2.05) is 6.07 Å². The Bertz CT molecular complexity index is 656. The maximum absolute atomic E-state index is 12.6. The molecule has 0 heterocycles.